The van der Waals surface area contributed by atoms with Gasteiger partial charge in [-0.25, -0.2) is 0 Å². The highest BCUT2D eigenvalue weighted by atomic mass is 16.5. The number of aliphatic hydroxyl groups is 1. The molecule has 0 radical (unpaired) electrons. The molecule has 1 aromatic rings. The predicted octanol–water partition coefficient (Wildman–Crippen LogP) is 1.78. The molecular formula is C15H19NO4. The van der Waals surface area contributed by atoms with Gasteiger partial charge in [-0.3, -0.25) is 9.59 Å². The number of aliphatic hydroxyl groups excluding tert-OH is 1. The molecule has 5 nitrogen and oxygen atoms in total. The third-order valence-corrected chi connectivity index (χ3v) is 3.47. The zero-order valence-electron chi connectivity index (χ0n) is 11.6. The molecule has 0 aromatic heterocycles. The van der Waals surface area contributed by atoms with Gasteiger partial charge in [0.1, 0.15) is 5.75 Å². The first-order valence-corrected chi connectivity index (χ1v) is 6.84. The van der Waals surface area contributed by atoms with Gasteiger partial charge < -0.3 is 14.7 Å². The van der Waals surface area contributed by atoms with E-state index in [0.29, 0.717) is 23.5 Å². The largest absolute Gasteiger partial charge is 0.497 e. The lowest BCUT2D eigenvalue weighted by molar-refractivity contribution is -0.114. The number of fused-ring (bicyclic) bond motifs is 1. The first-order chi connectivity index (χ1) is 9.69. The summed E-state index contributed by atoms with van der Waals surface area (Å²) in [6, 6.07) is 5.12. The van der Waals surface area contributed by atoms with Crippen LogP contribution < -0.4 is 9.64 Å². The van der Waals surface area contributed by atoms with Crippen LogP contribution in [0, 0.1) is 0 Å². The summed E-state index contributed by atoms with van der Waals surface area (Å²) >= 11 is 0. The number of ketones is 1. The number of unbranched alkanes of at least 4 members (excludes halogenated alkanes) is 3. The minimum Gasteiger partial charge on any atom is -0.497 e. The summed E-state index contributed by atoms with van der Waals surface area (Å²) in [5, 5.41) is 8.71. The second kappa shape index (κ2) is 6.52. The topological polar surface area (TPSA) is 66.8 Å². The van der Waals surface area contributed by atoms with Gasteiger partial charge in [-0.05, 0) is 31.0 Å². The Morgan fingerprint density at radius 2 is 1.90 bits per heavy atom. The van der Waals surface area contributed by atoms with Crippen LogP contribution in [0.2, 0.25) is 0 Å². The predicted molar refractivity (Wildman–Crippen MR) is 75.2 cm³/mol. The van der Waals surface area contributed by atoms with Gasteiger partial charge in [0.05, 0.1) is 18.4 Å². The summed E-state index contributed by atoms with van der Waals surface area (Å²) in [6.45, 7) is 0.735. The van der Waals surface area contributed by atoms with Gasteiger partial charge in [-0.15, -0.1) is 0 Å². The van der Waals surface area contributed by atoms with Crippen molar-refractivity contribution in [2.75, 3.05) is 25.2 Å². The number of methoxy groups -OCH3 is 1. The van der Waals surface area contributed by atoms with Gasteiger partial charge in [0.15, 0.2) is 0 Å². The minimum absolute atomic E-state index is 0.198. The molecule has 0 fully saturated rings. The van der Waals surface area contributed by atoms with Gasteiger partial charge in [-0.1, -0.05) is 12.8 Å². The zero-order valence-corrected chi connectivity index (χ0v) is 11.6. The third kappa shape index (κ3) is 2.82. The van der Waals surface area contributed by atoms with Crippen LogP contribution in [0.25, 0.3) is 0 Å². The number of carbonyl (C=O) groups is 2. The van der Waals surface area contributed by atoms with Crippen LogP contribution in [0.15, 0.2) is 18.2 Å². The van der Waals surface area contributed by atoms with Gasteiger partial charge in [0.25, 0.3) is 11.7 Å². The number of Topliss-reactive ketones (excluding diaryl/α,β-unsaturated/α-hetero) is 1. The lowest BCUT2D eigenvalue weighted by Gasteiger charge is -2.16. The quantitative estimate of drug-likeness (QED) is 0.609. The van der Waals surface area contributed by atoms with Crippen molar-refractivity contribution in [1.29, 1.82) is 0 Å². The summed E-state index contributed by atoms with van der Waals surface area (Å²) in [5.74, 6) is -0.348. The molecule has 1 heterocycles. The molecule has 108 valence electrons. The van der Waals surface area contributed by atoms with Crippen molar-refractivity contribution < 1.29 is 19.4 Å². The van der Waals surface area contributed by atoms with E-state index in [1.165, 1.54) is 12.0 Å². The lowest BCUT2D eigenvalue weighted by atomic mass is 10.1. The van der Waals surface area contributed by atoms with Gasteiger partial charge >= 0.3 is 0 Å². The summed E-state index contributed by atoms with van der Waals surface area (Å²) in [7, 11) is 1.53. The second-order valence-corrected chi connectivity index (χ2v) is 4.81. The molecule has 0 atom stereocenters. The van der Waals surface area contributed by atoms with Crippen LogP contribution in [0.1, 0.15) is 36.0 Å². The Kier molecular flexibility index (Phi) is 4.74. The van der Waals surface area contributed by atoms with E-state index in [-0.39, 0.29) is 6.61 Å². The van der Waals surface area contributed by atoms with E-state index < -0.39 is 11.7 Å². The van der Waals surface area contributed by atoms with Crippen LogP contribution in [-0.4, -0.2) is 37.1 Å². The first kappa shape index (κ1) is 14.5. The van der Waals surface area contributed by atoms with E-state index in [1.54, 1.807) is 18.2 Å². The Labute approximate surface area is 118 Å². The zero-order chi connectivity index (χ0) is 14.5. The Bertz CT molecular complexity index is 513. The fourth-order valence-corrected chi connectivity index (χ4v) is 2.36. The molecule has 0 saturated carbocycles. The average molecular weight is 277 g/mol. The van der Waals surface area contributed by atoms with Crippen molar-refractivity contribution in [1.82, 2.24) is 0 Å². The summed E-state index contributed by atoms with van der Waals surface area (Å²) in [5.41, 5.74) is 1.09. The number of carbonyl (C=O) groups excluding carboxylic acids is 2. The molecule has 0 unspecified atom stereocenters. The van der Waals surface area contributed by atoms with Crippen molar-refractivity contribution in [3.63, 3.8) is 0 Å². The van der Waals surface area contributed by atoms with Gasteiger partial charge in [0, 0.05) is 13.2 Å². The summed E-state index contributed by atoms with van der Waals surface area (Å²) < 4.78 is 5.08. The van der Waals surface area contributed by atoms with Crippen LogP contribution in [0.5, 0.6) is 5.75 Å². The summed E-state index contributed by atoms with van der Waals surface area (Å²) in [6.07, 6.45) is 3.47. The Morgan fingerprint density at radius 1 is 1.15 bits per heavy atom. The average Bonchev–Trinajstić information content (AvgIpc) is 2.71. The number of hydrogen-bond donors (Lipinski definition) is 1. The number of hydrogen-bond acceptors (Lipinski definition) is 4. The van der Waals surface area contributed by atoms with Crippen LogP contribution >= 0.6 is 0 Å². The fourth-order valence-electron chi connectivity index (χ4n) is 2.36. The van der Waals surface area contributed by atoms with Crippen LogP contribution in [-0.2, 0) is 4.79 Å². The molecule has 0 spiro atoms. The van der Waals surface area contributed by atoms with E-state index >= 15 is 0 Å². The SMILES string of the molecule is COc1ccc2c(c1)C(=O)C(=O)N2CCCCCCO. The monoisotopic (exact) mass is 277 g/mol. The highest BCUT2D eigenvalue weighted by Gasteiger charge is 2.35. The molecule has 5 heteroatoms. The van der Waals surface area contributed by atoms with Crippen molar-refractivity contribution in [3.05, 3.63) is 23.8 Å². The molecule has 0 aliphatic carbocycles. The standard InChI is InChI=1S/C15H19NO4/c1-20-11-6-7-13-12(10-11)14(18)15(19)16(13)8-4-2-3-5-9-17/h6-7,10,17H,2-5,8-9H2,1H3. The van der Waals surface area contributed by atoms with E-state index in [0.717, 1.165) is 25.7 Å². The van der Waals surface area contributed by atoms with Gasteiger partial charge in [0.2, 0.25) is 0 Å². The molecule has 1 aliphatic heterocycles. The van der Waals surface area contributed by atoms with E-state index in [9.17, 15) is 9.59 Å². The van der Waals surface area contributed by atoms with E-state index in [2.05, 4.69) is 0 Å². The van der Waals surface area contributed by atoms with Crippen molar-refractivity contribution in [2.24, 2.45) is 0 Å². The number of ether oxygens (including phenoxy) is 1. The number of anilines is 1. The molecule has 0 saturated heterocycles. The fraction of sp³-hybridized carbons (Fsp3) is 0.467. The molecule has 1 amide bonds. The molecular weight excluding hydrogens is 258 g/mol. The molecule has 20 heavy (non-hydrogen) atoms. The maximum atomic E-state index is 12.0. The molecule has 1 aromatic carbocycles. The first-order valence-electron chi connectivity index (χ1n) is 6.84. The normalized spacial score (nSPS) is 13.8. The number of nitrogens with zero attached hydrogens (tertiary/aromatic N) is 1. The highest BCUT2D eigenvalue weighted by molar-refractivity contribution is 6.52. The Balaban J connectivity index is 2.05. The van der Waals surface area contributed by atoms with E-state index in [1.807, 2.05) is 0 Å². The van der Waals surface area contributed by atoms with Crippen molar-refractivity contribution in [3.8, 4) is 5.75 Å². The van der Waals surface area contributed by atoms with Gasteiger partial charge in [-0.2, -0.15) is 0 Å². The molecule has 2 rings (SSSR count). The molecule has 1 aliphatic rings. The lowest BCUT2D eigenvalue weighted by Crippen LogP contribution is -2.30. The number of amides is 1. The Hall–Kier alpha value is -1.88. The maximum absolute atomic E-state index is 12.0. The number of rotatable bonds is 7. The highest BCUT2D eigenvalue weighted by Crippen LogP contribution is 2.32. The molecule has 1 N–H and O–H groups in total. The van der Waals surface area contributed by atoms with E-state index in [4.69, 9.17) is 9.84 Å². The van der Waals surface area contributed by atoms with Crippen molar-refractivity contribution >= 4 is 17.4 Å². The van der Waals surface area contributed by atoms with Crippen LogP contribution in [0.3, 0.4) is 0 Å². The summed E-state index contributed by atoms with van der Waals surface area (Å²) in [4.78, 5) is 25.4. The van der Waals surface area contributed by atoms with Crippen LogP contribution in [0.4, 0.5) is 5.69 Å². The minimum atomic E-state index is -0.464. The molecule has 0 bridgehead atoms. The second-order valence-electron chi connectivity index (χ2n) is 4.81. The number of benzene rings is 1. The smallest absolute Gasteiger partial charge is 0.299 e. The maximum Gasteiger partial charge on any atom is 0.299 e. The Morgan fingerprint density at radius 3 is 2.60 bits per heavy atom. The van der Waals surface area contributed by atoms with Crippen molar-refractivity contribution in [2.45, 2.75) is 25.7 Å². The third-order valence-electron chi connectivity index (χ3n) is 3.47.